The highest BCUT2D eigenvalue weighted by atomic mass is 35.7. The van der Waals surface area contributed by atoms with Crippen LogP contribution in [0.2, 0.25) is 0 Å². The van der Waals surface area contributed by atoms with E-state index >= 15 is 0 Å². The highest BCUT2D eigenvalue weighted by Crippen LogP contribution is 1.99. The van der Waals surface area contributed by atoms with Gasteiger partial charge in [-0.2, -0.15) is 4.89 Å². The number of hydrogen-bond acceptors (Lipinski definition) is 7. The Morgan fingerprint density at radius 3 is 2.59 bits per heavy atom. The molecule has 0 aromatic heterocycles. The zero-order valence-corrected chi connectivity index (χ0v) is 11.1. The summed E-state index contributed by atoms with van der Waals surface area (Å²) in [6, 6.07) is 0. The average molecular weight is 291 g/mol. The van der Waals surface area contributed by atoms with Crippen LogP contribution < -0.4 is 0 Å². The van der Waals surface area contributed by atoms with Crippen molar-refractivity contribution in [1.82, 2.24) is 0 Å². The van der Waals surface area contributed by atoms with Crippen LogP contribution in [0.25, 0.3) is 0 Å². The third-order valence-electron chi connectivity index (χ3n) is 1.50. The summed E-state index contributed by atoms with van der Waals surface area (Å²) in [7, 11) is 1.42. The van der Waals surface area contributed by atoms with Gasteiger partial charge >= 0.3 is 5.97 Å². The van der Waals surface area contributed by atoms with Crippen LogP contribution in [0, 0.1) is 0 Å². The lowest BCUT2D eigenvalue weighted by atomic mass is 10.4. The molecule has 9 heteroatoms. The summed E-state index contributed by atoms with van der Waals surface area (Å²) in [4.78, 5) is 19.3. The molecule has 0 radical (unpaired) electrons. The monoisotopic (exact) mass is 290 g/mol. The third-order valence-corrected chi connectivity index (χ3v) is 2.61. The summed E-state index contributed by atoms with van der Waals surface area (Å²) in [5.74, 6) is -0.850. The molecule has 1 unspecified atom stereocenters. The van der Waals surface area contributed by atoms with E-state index in [1.54, 1.807) is 13.8 Å². The van der Waals surface area contributed by atoms with Crippen molar-refractivity contribution in [3.05, 3.63) is 0 Å². The van der Waals surface area contributed by atoms with Crippen LogP contribution >= 0.6 is 10.7 Å². The van der Waals surface area contributed by atoms with Crippen molar-refractivity contribution < 1.29 is 32.8 Å². The molecule has 0 N–H and O–H groups in total. The van der Waals surface area contributed by atoms with Crippen molar-refractivity contribution in [2.24, 2.45) is 0 Å². The van der Waals surface area contributed by atoms with Gasteiger partial charge in [0.15, 0.2) is 0 Å². The number of hydrogen-bond donors (Lipinski definition) is 0. The highest BCUT2D eigenvalue weighted by Gasteiger charge is 2.09. The van der Waals surface area contributed by atoms with E-state index in [1.165, 1.54) is 0 Å². The molecule has 102 valence electrons. The summed E-state index contributed by atoms with van der Waals surface area (Å²) < 4.78 is 26.1. The van der Waals surface area contributed by atoms with Crippen LogP contribution in [-0.4, -0.2) is 39.5 Å². The first-order valence-electron chi connectivity index (χ1n) is 4.88. The van der Waals surface area contributed by atoms with Gasteiger partial charge in [-0.15, -0.1) is 0 Å². The van der Waals surface area contributed by atoms with Crippen LogP contribution in [-0.2, 0) is 33.4 Å². The Morgan fingerprint density at radius 2 is 2.06 bits per heavy atom. The van der Waals surface area contributed by atoms with Crippen LogP contribution in [0.15, 0.2) is 0 Å². The summed E-state index contributed by atoms with van der Waals surface area (Å²) in [5, 5.41) is 4.13. The second kappa shape index (κ2) is 8.65. The second-order valence-corrected chi connectivity index (χ2v) is 5.98. The van der Waals surface area contributed by atoms with Crippen LogP contribution in [0.3, 0.4) is 0 Å². The van der Waals surface area contributed by atoms with Crippen LogP contribution in [0.4, 0.5) is 0 Å². The zero-order chi connectivity index (χ0) is 13.3. The lowest BCUT2D eigenvalue weighted by Gasteiger charge is -2.10. The molecule has 0 fully saturated rings. The van der Waals surface area contributed by atoms with E-state index in [0.29, 0.717) is 0 Å². The molecule has 0 saturated heterocycles. The van der Waals surface area contributed by atoms with E-state index in [4.69, 9.17) is 15.4 Å². The van der Waals surface area contributed by atoms with Gasteiger partial charge in [-0.1, -0.05) is 6.92 Å². The van der Waals surface area contributed by atoms with Crippen molar-refractivity contribution in [1.29, 1.82) is 0 Å². The Morgan fingerprint density at radius 1 is 1.41 bits per heavy atom. The van der Waals surface area contributed by atoms with Gasteiger partial charge in [-0.3, -0.25) is 4.89 Å². The largest absolute Gasteiger partial charge is 0.375 e. The Balaban J connectivity index is 3.47. The summed E-state index contributed by atoms with van der Waals surface area (Å²) in [5.41, 5.74) is 0. The molecule has 0 aromatic carbocycles. The van der Waals surface area contributed by atoms with Gasteiger partial charge in [0.1, 0.15) is 6.61 Å². The Labute approximate surface area is 104 Å². The fourth-order valence-electron chi connectivity index (χ4n) is 0.641. The fraction of sp³-hybridized carbons (Fsp3) is 0.875. The summed E-state index contributed by atoms with van der Waals surface area (Å²) in [6.45, 7) is 3.17. The van der Waals surface area contributed by atoms with E-state index in [0.717, 1.165) is 0 Å². The minimum absolute atomic E-state index is 0.0146. The number of rotatable bonds is 9. The van der Waals surface area contributed by atoms with Crippen molar-refractivity contribution in [3.8, 4) is 0 Å². The average Bonchev–Trinajstić information content (AvgIpc) is 2.22. The predicted octanol–water partition coefficient (Wildman–Crippen LogP) is 0.777. The van der Waals surface area contributed by atoms with Gasteiger partial charge in [-0.25, -0.2) is 13.2 Å². The molecule has 0 aliphatic carbocycles. The van der Waals surface area contributed by atoms with Gasteiger partial charge in [0, 0.05) is 17.1 Å². The molecule has 0 spiro atoms. The van der Waals surface area contributed by atoms with Crippen molar-refractivity contribution in [2.45, 2.75) is 26.4 Å². The second-order valence-electron chi connectivity index (χ2n) is 3.09. The van der Waals surface area contributed by atoms with Crippen molar-refractivity contribution in [2.75, 3.05) is 19.0 Å². The maximum atomic E-state index is 10.6. The van der Waals surface area contributed by atoms with E-state index in [9.17, 15) is 13.2 Å². The van der Waals surface area contributed by atoms with E-state index in [1.807, 2.05) is 0 Å². The van der Waals surface area contributed by atoms with Crippen LogP contribution in [0.5, 0.6) is 0 Å². The Kier molecular flexibility index (Phi) is 8.44. The maximum absolute atomic E-state index is 10.6. The Hall–Kier alpha value is -0.410. The first-order chi connectivity index (χ1) is 7.85. The lowest BCUT2D eigenvalue weighted by Crippen LogP contribution is -2.20. The van der Waals surface area contributed by atoms with Gasteiger partial charge in [0.2, 0.25) is 9.05 Å². The molecular formula is C8H15ClO7S. The number of carbonyl (C=O) groups is 1. The minimum atomic E-state index is -3.55. The topological polar surface area (TPSA) is 88.1 Å². The SMILES string of the molecule is CCC(=O)OOOCC(C)OCCS(=O)(=O)Cl. The molecule has 0 heterocycles. The molecule has 0 bridgehead atoms. The number of ether oxygens (including phenoxy) is 1. The smallest absolute Gasteiger partial charge is 0.345 e. The van der Waals surface area contributed by atoms with E-state index < -0.39 is 21.1 Å². The van der Waals surface area contributed by atoms with Crippen molar-refractivity contribution >= 4 is 25.7 Å². The molecule has 0 aromatic rings. The van der Waals surface area contributed by atoms with E-state index in [2.05, 4.69) is 14.8 Å². The number of halogens is 1. The minimum Gasteiger partial charge on any atom is -0.375 e. The Bertz CT molecular complexity index is 316. The first kappa shape index (κ1) is 16.6. The summed E-state index contributed by atoms with van der Waals surface area (Å²) in [6.07, 6.45) is -0.253. The maximum Gasteiger partial charge on any atom is 0.345 e. The molecule has 0 aliphatic rings. The number of carbonyl (C=O) groups excluding carboxylic acids is 1. The quantitative estimate of drug-likeness (QED) is 0.268. The lowest BCUT2D eigenvalue weighted by molar-refractivity contribution is -0.490. The van der Waals surface area contributed by atoms with Crippen molar-refractivity contribution in [3.63, 3.8) is 0 Å². The molecule has 0 aliphatic heterocycles. The molecule has 1 atom stereocenters. The van der Waals surface area contributed by atoms with Gasteiger partial charge in [-0.05, 0) is 12.0 Å². The highest BCUT2D eigenvalue weighted by molar-refractivity contribution is 8.13. The molecule has 0 amide bonds. The van der Waals surface area contributed by atoms with Crippen LogP contribution in [0.1, 0.15) is 20.3 Å². The fourth-order valence-corrected chi connectivity index (χ4v) is 1.13. The van der Waals surface area contributed by atoms with E-state index in [-0.39, 0.29) is 25.4 Å². The molecule has 7 nitrogen and oxygen atoms in total. The standard InChI is InChI=1S/C8H15ClO7S/c1-3-8(10)15-16-14-6-7(2)13-4-5-17(9,11)12/h7H,3-6H2,1-2H3. The zero-order valence-electron chi connectivity index (χ0n) is 9.55. The summed E-state index contributed by atoms with van der Waals surface area (Å²) >= 11 is 0. The van der Waals surface area contributed by atoms with Gasteiger partial charge in [0.25, 0.3) is 0 Å². The third kappa shape index (κ3) is 11.8. The van der Waals surface area contributed by atoms with Gasteiger partial charge < -0.3 is 4.74 Å². The predicted molar refractivity (Wildman–Crippen MR) is 58.5 cm³/mol. The molecular weight excluding hydrogens is 276 g/mol. The molecule has 17 heavy (non-hydrogen) atoms. The molecule has 0 rings (SSSR count). The normalized spacial score (nSPS) is 13.4. The molecule has 0 saturated carbocycles. The first-order valence-corrected chi connectivity index (χ1v) is 7.36. The van der Waals surface area contributed by atoms with Gasteiger partial charge in [0.05, 0.1) is 18.5 Å².